The first-order valence-electron chi connectivity index (χ1n) is 10.2. The Labute approximate surface area is 189 Å². The largest absolute Gasteiger partial charge is 0.365 e. The minimum Gasteiger partial charge on any atom is -0.365 e. The summed E-state index contributed by atoms with van der Waals surface area (Å²) in [5, 5.41) is 4.21. The van der Waals surface area contributed by atoms with E-state index in [1.165, 1.54) is 23.1 Å². The van der Waals surface area contributed by atoms with E-state index in [1.54, 1.807) is 6.07 Å². The van der Waals surface area contributed by atoms with Crippen LogP contribution in [0.5, 0.6) is 0 Å². The molecule has 2 heterocycles. The zero-order valence-corrected chi connectivity index (χ0v) is 19.2. The number of nitrogens with one attached hydrogen (secondary N) is 1. The van der Waals surface area contributed by atoms with Crippen molar-refractivity contribution < 1.29 is 9.59 Å². The average molecular weight is 453 g/mol. The van der Waals surface area contributed by atoms with Gasteiger partial charge in [0.15, 0.2) is 5.16 Å². The first-order chi connectivity index (χ1) is 14.9. The minimum atomic E-state index is -0.481. The summed E-state index contributed by atoms with van der Waals surface area (Å²) in [5.74, 6) is -0.153. The normalized spacial score (nSPS) is 13.0. The van der Waals surface area contributed by atoms with E-state index in [1.807, 2.05) is 38.1 Å². The Morgan fingerprint density at radius 3 is 2.58 bits per heavy atom. The summed E-state index contributed by atoms with van der Waals surface area (Å²) < 4.78 is 0. The van der Waals surface area contributed by atoms with Crippen molar-refractivity contribution >= 4 is 39.9 Å². The maximum Gasteiger partial charge on any atom is 0.256 e. The summed E-state index contributed by atoms with van der Waals surface area (Å²) in [4.78, 5) is 35.3. The van der Waals surface area contributed by atoms with Crippen molar-refractivity contribution in [2.24, 2.45) is 5.73 Å². The number of amides is 2. The number of hydrogen-bond acceptors (Lipinski definition) is 6. The van der Waals surface area contributed by atoms with Gasteiger partial charge in [-0.15, -0.1) is 11.3 Å². The van der Waals surface area contributed by atoms with E-state index >= 15 is 0 Å². The number of primary amides is 1. The van der Waals surface area contributed by atoms with Crippen LogP contribution in [-0.2, 0) is 18.6 Å². The lowest BCUT2D eigenvalue weighted by atomic mass is 9.95. The quantitative estimate of drug-likeness (QED) is 0.418. The van der Waals surface area contributed by atoms with Gasteiger partial charge in [-0.1, -0.05) is 30.0 Å². The number of fused-ring (bicyclic) bond motifs is 1. The van der Waals surface area contributed by atoms with E-state index in [0.717, 1.165) is 53.1 Å². The van der Waals surface area contributed by atoms with Crippen LogP contribution < -0.4 is 11.1 Å². The predicted octanol–water partition coefficient (Wildman–Crippen LogP) is 4.68. The number of nitrogens with two attached hydrogens (primary N) is 1. The molecule has 0 fully saturated rings. The van der Waals surface area contributed by atoms with Crippen LogP contribution in [0.4, 0.5) is 5.00 Å². The summed E-state index contributed by atoms with van der Waals surface area (Å²) in [5.41, 5.74) is 10.4. The van der Waals surface area contributed by atoms with Gasteiger partial charge in [-0.25, -0.2) is 9.97 Å². The van der Waals surface area contributed by atoms with Crippen molar-refractivity contribution in [3.8, 4) is 0 Å². The predicted molar refractivity (Wildman–Crippen MR) is 125 cm³/mol. The molecule has 3 aromatic rings. The van der Waals surface area contributed by atoms with Gasteiger partial charge >= 0.3 is 0 Å². The molecule has 1 aliphatic rings. The molecule has 0 spiro atoms. The lowest BCUT2D eigenvalue weighted by Gasteiger charge is -2.11. The van der Waals surface area contributed by atoms with Crippen LogP contribution >= 0.6 is 23.1 Å². The minimum absolute atomic E-state index is 0.237. The van der Waals surface area contributed by atoms with Crippen molar-refractivity contribution in [2.45, 2.75) is 50.4 Å². The van der Waals surface area contributed by atoms with Crippen LogP contribution in [0.25, 0.3) is 0 Å². The number of aromatic nitrogens is 2. The molecule has 0 saturated heterocycles. The molecule has 31 heavy (non-hydrogen) atoms. The van der Waals surface area contributed by atoms with E-state index in [-0.39, 0.29) is 5.91 Å². The van der Waals surface area contributed by atoms with Crippen LogP contribution in [0.2, 0.25) is 0 Å². The van der Waals surface area contributed by atoms with E-state index in [9.17, 15) is 9.59 Å². The number of nitrogens with zero attached hydrogens (tertiary/aromatic N) is 2. The lowest BCUT2D eigenvalue weighted by Crippen LogP contribution is -2.19. The summed E-state index contributed by atoms with van der Waals surface area (Å²) >= 11 is 2.97. The van der Waals surface area contributed by atoms with Crippen molar-refractivity contribution in [2.75, 3.05) is 5.32 Å². The van der Waals surface area contributed by atoms with Crippen molar-refractivity contribution in [3.05, 3.63) is 68.9 Å². The van der Waals surface area contributed by atoms with Gasteiger partial charge in [0.2, 0.25) is 0 Å². The Hall–Kier alpha value is -2.71. The Bertz CT molecular complexity index is 1140. The summed E-state index contributed by atoms with van der Waals surface area (Å²) in [6, 6.07) is 9.41. The molecule has 0 unspecified atom stereocenters. The topological polar surface area (TPSA) is 98.0 Å². The zero-order chi connectivity index (χ0) is 22.0. The first-order valence-corrected chi connectivity index (χ1v) is 12.0. The molecule has 2 aromatic heterocycles. The maximum atomic E-state index is 13.1. The molecule has 1 aromatic carbocycles. The van der Waals surface area contributed by atoms with Crippen LogP contribution in [0.15, 0.2) is 35.5 Å². The second kappa shape index (κ2) is 9.20. The van der Waals surface area contributed by atoms with Crippen LogP contribution in [-0.4, -0.2) is 21.8 Å². The smallest absolute Gasteiger partial charge is 0.256 e. The molecule has 0 bridgehead atoms. The molecule has 0 aliphatic heterocycles. The van der Waals surface area contributed by atoms with Crippen LogP contribution in [0.3, 0.4) is 0 Å². The molecule has 0 saturated carbocycles. The second-order valence-electron chi connectivity index (χ2n) is 7.61. The molecular weight excluding hydrogens is 428 g/mol. The van der Waals surface area contributed by atoms with Crippen molar-refractivity contribution in [1.82, 2.24) is 9.97 Å². The number of thioether (sulfide) groups is 1. The van der Waals surface area contributed by atoms with Gasteiger partial charge in [0, 0.05) is 27.6 Å². The number of hydrogen-bond donors (Lipinski definition) is 2. The number of carbonyl (C=O) groups excluding carboxylic acids is 2. The molecule has 2 amide bonds. The summed E-state index contributed by atoms with van der Waals surface area (Å²) in [6.45, 7) is 3.88. The van der Waals surface area contributed by atoms with Crippen LogP contribution in [0, 0.1) is 13.8 Å². The standard InChI is InChI=1S/C23H24N4O2S2/c1-13-11-14(2)26-23(25-13)30-12-15-7-3-4-8-16(15)21(29)27-22-19(20(24)28)17-9-5-6-10-18(17)31-22/h3-4,7-8,11H,5-6,9-10,12H2,1-2H3,(H2,24,28)(H,27,29). The number of thiophene rings is 1. The Balaban J connectivity index is 1.56. The van der Waals surface area contributed by atoms with Gasteiger partial charge in [0.1, 0.15) is 5.00 Å². The van der Waals surface area contributed by atoms with Gasteiger partial charge < -0.3 is 11.1 Å². The second-order valence-corrected chi connectivity index (χ2v) is 9.66. The third-order valence-electron chi connectivity index (χ3n) is 5.23. The lowest BCUT2D eigenvalue weighted by molar-refractivity contribution is 0.100. The summed E-state index contributed by atoms with van der Waals surface area (Å²) in [6.07, 6.45) is 3.90. The van der Waals surface area contributed by atoms with Crippen molar-refractivity contribution in [3.63, 3.8) is 0 Å². The van der Waals surface area contributed by atoms with Gasteiger partial charge in [0.25, 0.3) is 11.8 Å². The molecular formula is C23H24N4O2S2. The number of aryl methyl sites for hydroxylation is 3. The maximum absolute atomic E-state index is 13.1. The monoisotopic (exact) mass is 452 g/mol. The van der Waals surface area contributed by atoms with Gasteiger partial charge in [-0.3, -0.25) is 9.59 Å². The highest BCUT2D eigenvalue weighted by molar-refractivity contribution is 7.98. The van der Waals surface area contributed by atoms with Gasteiger partial charge in [-0.05, 0) is 62.8 Å². The van der Waals surface area contributed by atoms with Crippen LogP contribution in [0.1, 0.15) is 60.9 Å². The third kappa shape index (κ3) is 4.80. The van der Waals surface area contributed by atoms with Crippen molar-refractivity contribution in [1.29, 1.82) is 0 Å². The highest BCUT2D eigenvalue weighted by atomic mass is 32.2. The fourth-order valence-electron chi connectivity index (χ4n) is 3.85. The fraction of sp³-hybridized carbons (Fsp3) is 0.304. The fourth-order valence-corrected chi connectivity index (χ4v) is 6.10. The highest BCUT2D eigenvalue weighted by Gasteiger charge is 2.25. The average Bonchev–Trinajstić information content (AvgIpc) is 3.09. The molecule has 0 atom stereocenters. The molecule has 3 N–H and O–H groups in total. The molecule has 6 nitrogen and oxygen atoms in total. The number of carbonyl (C=O) groups is 2. The van der Waals surface area contributed by atoms with Gasteiger partial charge in [0.05, 0.1) is 5.56 Å². The number of benzene rings is 1. The molecule has 0 radical (unpaired) electrons. The summed E-state index contributed by atoms with van der Waals surface area (Å²) in [7, 11) is 0. The SMILES string of the molecule is Cc1cc(C)nc(SCc2ccccc2C(=O)Nc2sc3c(c2C(N)=O)CCCC3)n1. The van der Waals surface area contributed by atoms with E-state index in [0.29, 0.717) is 27.0 Å². The number of rotatable bonds is 6. The Morgan fingerprint density at radius 1 is 1.13 bits per heavy atom. The van der Waals surface area contributed by atoms with E-state index in [4.69, 9.17) is 5.73 Å². The van der Waals surface area contributed by atoms with E-state index < -0.39 is 5.91 Å². The van der Waals surface area contributed by atoms with Gasteiger partial charge in [-0.2, -0.15) is 0 Å². The Morgan fingerprint density at radius 2 is 1.84 bits per heavy atom. The molecule has 8 heteroatoms. The van der Waals surface area contributed by atoms with E-state index in [2.05, 4.69) is 15.3 Å². The third-order valence-corrected chi connectivity index (χ3v) is 7.33. The zero-order valence-electron chi connectivity index (χ0n) is 17.5. The highest BCUT2D eigenvalue weighted by Crippen LogP contribution is 2.38. The molecule has 1 aliphatic carbocycles. The Kier molecular flexibility index (Phi) is 6.38. The molecule has 160 valence electrons. The first kappa shape index (κ1) is 21.5. The molecule has 4 rings (SSSR count). The number of anilines is 1.